The van der Waals surface area contributed by atoms with Gasteiger partial charge in [0.25, 0.3) is 0 Å². The van der Waals surface area contributed by atoms with Gasteiger partial charge in [0.1, 0.15) is 17.1 Å². The van der Waals surface area contributed by atoms with Gasteiger partial charge in [-0.1, -0.05) is 27.2 Å². The molecule has 0 heterocycles. The van der Waals surface area contributed by atoms with Crippen molar-refractivity contribution < 1.29 is 19.0 Å². The van der Waals surface area contributed by atoms with Crippen LogP contribution in [0.1, 0.15) is 72.3 Å². The van der Waals surface area contributed by atoms with E-state index in [1.54, 1.807) is 14.2 Å². The average molecular weight is 403 g/mol. The first-order chi connectivity index (χ1) is 13.5. The van der Waals surface area contributed by atoms with Crippen molar-refractivity contribution in [3.8, 4) is 11.5 Å². The Kier molecular flexibility index (Phi) is 5.95. The highest BCUT2D eigenvalue weighted by molar-refractivity contribution is 5.66. The van der Waals surface area contributed by atoms with E-state index in [0.29, 0.717) is 11.3 Å². The standard InChI is InChI=1S/C25H38O4/c1-17(26)29-25(5)12-9-21-23(2,3)10-8-11-24(21,4)22(25)15-18-13-19(27-6)16-20(14-18)28-7/h13-14,16,21-22H,8-12,15H2,1-7H3. The minimum Gasteiger partial charge on any atom is -0.497 e. The van der Waals surface area contributed by atoms with Crippen molar-refractivity contribution >= 4 is 5.97 Å². The van der Waals surface area contributed by atoms with Crippen LogP contribution in [0.25, 0.3) is 0 Å². The van der Waals surface area contributed by atoms with Crippen LogP contribution in [0, 0.1) is 22.7 Å². The van der Waals surface area contributed by atoms with Gasteiger partial charge in [-0.3, -0.25) is 4.79 Å². The van der Waals surface area contributed by atoms with Crippen molar-refractivity contribution in [2.45, 2.75) is 78.7 Å². The molecule has 4 unspecified atom stereocenters. The van der Waals surface area contributed by atoms with E-state index in [-0.39, 0.29) is 17.3 Å². The van der Waals surface area contributed by atoms with E-state index in [1.165, 1.54) is 31.7 Å². The molecule has 0 aliphatic heterocycles. The molecule has 0 N–H and O–H groups in total. The molecule has 0 bridgehead atoms. The third-order valence-corrected chi connectivity index (χ3v) is 7.97. The van der Waals surface area contributed by atoms with Crippen LogP contribution in [0.3, 0.4) is 0 Å². The SMILES string of the molecule is COc1cc(CC2C(C)(OC(C)=O)CCC3C(C)(C)CCCC32C)cc(OC)c1. The van der Waals surface area contributed by atoms with E-state index in [1.807, 2.05) is 6.07 Å². The summed E-state index contributed by atoms with van der Waals surface area (Å²) in [5.74, 6) is 2.29. The summed E-state index contributed by atoms with van der Waals surface area (Å²) in [5.41, 5.74) is 1.16. The molecule has 2 aliphatic rings. The summed E-state index contributed by atoms with van der Waals surface area (Å²) >= 11 is 0. The molecular formula is C25H38O4. The number of hydrogen-bond donors (Lipinski definition) is 0. The fourth-order valence-electron chi connectivity index (χ4n) is 6.73. The summed E-state index contributed by atoms with van der Waals surface area (Å²) in [6, 6.07) is 6.10. The zero-order valence-corrected chi connectivity index (χ0v) is 19.3. The van der Waals surface area contributed by atoms with Gasteiger partial charge in [0, 0.05) is 18.9 Å². The monoisotopic (exact) mass is 402 g/mol. The predicted octanol–water partition coefficient (Wildman–Crippen LogP) is 5.81. The van der Waals surface area contributed by atoms with Crippen molar-refractivity contribution in [3.05, 3.63) is 23.8 Å². The molecule has 29 heavy (non-hydrogen) atoms. The van der Waals surface area contributed by atoms with Crippen LogP contribution < -0.4 is 9.47 Å². The Balaban J connectivity index is 2.05. The first-order valence-corrected chi connectivity index (χ1v) is 11.0. The molecule has 162 valence electrons. The Morgan fingerprint density at radius 2 is 1.62 bits per heavy atom. The van der Waals surface area contributed by atoms with Crippen LogP contribution in [-0.4, -0.2) is 25.8 Å². The van der Waals surface area contributed by atoms with E-state index in [2.05, 4.69) is 39.8 Å². The first kappa shape index (κ1) is 22.0. The van der Waals surface area contributed by atoms with Crippen LogP contribution in [0.5, 0.6) is 11.5 Å². The lowest BCUT2D eigenvalue weighted by Crippen LogP contribution is -2.59. The summed E-state index contributed by atoms with van der Waals surface area (Å²) in [5, 5.41) is 0. The smallest absolute Gasteiger partial charge is 0.303 e. The Morgan fingerprint density at radius 3 is 2.17 bits per heavy atom. The van der Waals surface area contributed by atoms with Gasteiger partial charge in [0.2, 0.25) is 0 Å². The molecule has 0 spiro atoms. The number of hydrogen-bond acceptors (Lipinski definition) is 4. The van der Waals surface area contributed by atoms with Gasteiger partial charge in [0.15, 0.2) is 0 Å². The average Bonchev–Trinajstić information content (AvgIpc) is 2.63. The van der Waals surface area contributed by atoms with Crippen molar-refractivity contribution in [1.29, 1.82) is 0 Å². The Labute approximate surface area is 176 Å². The lowest BCUT2D eigenvalue weighted by atomic mass is 9.45. The van der Waals surface area contributed by atoms with Gasteiger partial charge in [0.05, 0.1) is 14.2 Å². The second-order valence-corrected chi connectivity index (χ2v) is 10.3. The normalized spacial score (nSPS) is 33.5. The second-order valence-electron chi connectivity index (χ2n) is 10.3. The molecule has 0 radical (unpaired) electrons. The zero-order valence-electron chi connectivity index (χ0n) is 19.3. The maximum atomic E-state index is 12.0. The van der Waals surface area contributed by atoms with Gasteiger partial charge >= 0.3 is 5.97 Å². The van der Waals surface area contributed by atoms with E-state index >= 15 is 0 Å². The van der Waals surface area contributed by atoms with Gasteiger partial charge in [-0.15, -0.1) is 0 Å². The molecule has 1 aromatic carbocycles. The molecule has 1 aromatic rings. The number of methoxy groups -OCH3 is 2. The number of ether oxygens (including phenoxy) is 3. The molecule has 2 fully saturated rings. The molecule has 2 saturated carbocycles. The van der Waals surface area contributed by atoms with Crippen LogP contribution in [0.2, 0.25) is 0 Å². The highest BCUT2D eigenvalue weighted by Gasteiger charge is 2.59. The summed E-state index contributed by atoms with van der Waals surface area (Å²) < 4.78 is 17.1. The Morgan fingerprint density at radius 1 is 1.00 bits per heavy atom. The number of carbonyl (C=O) groups excluding carboxylic acids is 1. The number of esters is 1. The summed E-state index contributed by atoms with van der Waals surface area (Å²) in [6.45, 7) is 11.0. The summed E-state index contributed by atoms with van der Waals surface area (Å²) in [4.78, 5) is 12.0. The van der Waals surface area contributed by atoms with Gasteiger partial charge in [-0.25, -0.2) is 0 Å². The molecular weight excluding hydrogens is 364 g/mol. The van der Waals surface area contributed by atoms with Gasteiger partial charge < -0.3 is 14.2 Å². The summed E-state index contributed by atoms with van der Waals surface area (Å²) in [6.07, 6.45) is 6.57. The Bertz CT molecular complexity index is 733. The predicted molar refractivity (Wildman–Crippen MR) is 115 cm³/mol. The van der Waals surface area contributed by atoms with Crippen molar-refractivity contribution in [2.24, 2.45) is 22.7 Å². The molecule has 4 heteroatoms. The fraction of sp³-hybridized carbons (Fsp3) is 0.720. The maximum Gasteiger partial charge on any atom is 0.303 e. The maximum absolute atomic E-state index is 12.0. The summed E-state index contributed by atoms with van der Waals surface area (Å²) in [7, 11) is 3.37. The lowest BCUT2D eigenvalue weighted by Gasteiger charge is -2.62. The highest BCUT2D eigenvalue weighted by Crippen LogP contribution is 2.63. The van der Waals surface area contributed by atoms with Crippen LogP contribution in [0.4, 0.5) is 0 Å². The number of benzene rings is 1. The van der Waals surface area contributed by atoms with E-state index in [0.717, 1.165) is 30.8 Å². The van der Waals surface area contributed by atoms with Crippen molar-refractivity contribution in [1.82, 2.24) is 0 Å². The van der Waals surface area contributed by atoms with Crippen LogP contribution >= 0.6 is 0 Å². The minimum atomic E-state index is -0.458. The van der Waals surface area contributed by atoms with Crippen molar-refractivity contribution in [3.63, 3.8) is 0 Å². The molecule has 0 amide bonds. The van der Waals surface area contributed by atoms with E-state index in [4.69, 9.17) is 14.2 Å². The van der Waals surface area contributed by atoms with Crippen molar-refractivity contribution in [2.75, 3.05) is 14.2 Å². The molecule has 0 aromatic heterocycles. The van der Waals surface area contributed by atoms with E-state index < -0.39 is 5.60 Å². The van der Waals surface area contributed by atoms with Gasteiger partial charge in [-0.2, -0.15) is 0 Å². The van der Waals surface area contributed by atoms with Crippen LogP contribution in [0.15, 0.2) is 18.2 Å². The number of rotatable bonds is 5. The molecule has 4 nitrogen and oxygen atoms in total. The first-order valence-electron chi connectivity index (χ1n) is 11.0. The third kappa shape index (κ3) is 4.13. The third-order valence-electron chi connectivity index (χ3n) is 7.97. The van der Waals surface area contributed by atoms with E-state index in [9.17, 15) is 4.79 Å². The fourth-order valence-corrected chi connectivity index (χ4v) is 6.73. The topological polar surface area (TPSA) is 44.8 Å². The molecule has 0 saturated heterocycles. The molecule has 2 aliphatic carbocycles. The lowest BCUT2D eigenvalue weighted by molar-refractivity contribution is -0.197. The van der Waals surface area contributed by atoms with Crippen LogP contribution in [-0.2, 0) is 16.0 Å². The zero-order chi connectivity index (χ0) is 21.4. The minimum absolute atomic E-state index is 0.126. The largest absolute Gasteiger partial charge is 0.497 e. The molecule has 3 rings (SSSR count). The molecule has 4 atom stereocenters. The number of carbonyl (C=O) groups is 1. The van der Waals surface area contributed by atoms with Gasteiger partial charge in [-0.05, 0) is 73.5 Å². The Hall–Kier alpha value is -1.71. The second kappa shape index (κ2) is 7.85. The number of fused-ring (bicyclic) bond motifs is 1. The highest BCUT2D eigenvalue weighted by atomic mass is 16.6. The quantitative estimate of drug-likeness (QED) is 0.583.